The van der Waals surface area contributed by atoms with Crippen LogP contribution < -0.4 is 5.32 Å². The Morgan fingerprint density at radius 2 is 1.90 bits per heavy atom. The summed E-state index contributed by atoms with van der Waals surface area (Å²) in [5.74, 6) is -1.94. The standard InChI is InChI=1S/C21H14F3N3O3/c22-21(23,24)15-4-3-5-16(9-15)26-20(30)13(10-25)8-14-11-27(12-19(28)29)18-7-2-1-6-17(14)18/h1-9,11H,12H2,(H,26,30)(H,28,29)/b13-8-. The molecule has 152 valence electrons. The molecule has 1 aromatic heterocycles. The fourth-order valence-corrected chi connectivity index (χ4v) is 2.94. The number of nitrogens with zero attached hydrogens (tertiary/aromatic N) is 2. The SMILES string of the molecule is N#C/C(=C/c1cn(CC(=O)O)c2ccccc12)C(=O)Nc1cccc(C(F)(F)F)c1. The monoisotopic (exact) mass is 413 g/mol. The number of nitriles is 1. The van der Waals surface area contributed by atoms with Crippen LogP contribution >= 0.6 is 0 Å². The first kappa shape index (κ1) is 20.7. The summed E-state index contributed by atoms with van der Waals surface area (Å²) >= 11 is 0. The molecule has 0 saturated heterocycles. The number of carbonyl (C=O) groups excluding carboxylic acids is 1. The van der Waals surface area contributed by atoms with E-state index in [0.717, 1.165) is 18.2 Å². The lowest BCUT2D eigenvalue weighted by Crippen LogP contribution is -2.14. The van der Waals surface area contributed by atoms with Crippen LogP contribution in [0.3, 0.4) is 0 Å². The van der Waals surface area contributed by atoms with Gasteiger partial charge in [0.25, 0.3) is 5.91 Å². The molecule has 6 nitrogen and oxygen atoms in total. The van der Waals surface area contributed by atoms with Crippen molar-refractivity contribution in [1.82, 2.24) is 4.57 Å². The summed E-state index contributed by atoms with van der Waals surface area (Å²) in [6.45, 7) is -0.313. The molecule has 0 spiro atoms. The van der Waals surface area contributed by atoms with E-state index in [1.54, 1.807) is 30.3 Å². The van der Waals surface area contributed by atoms with Crippen molar-refractivity contribution in [2.24, 2.45) is 0 Å². The summed E-state index contributed by atoms with van der Waals surface area (Å²) in [6.07, 6.45) is -1.81. The van der Waals surface area contributed by atoms with Crippen molar-refractivity contribution < 1.29 is 27.9 Å². The topological polar surface area (TPSA) is 95.1 Å². The van der Waals surface area contributed by atoms with Crippen LogP contribution in [0.2, 0.25) is 0 Å². The lowest BCUT2D eigenvalue weighted by atomic mass is 10.1. The van der Waals surface area contributed by atoms with E-state index in [2.05, 4.69) is 5.32 Å². The molecule has 2 aromatic carbocycles. The van der Waals surface area contributed by atoms with Crippen molar-refractivity contribution in [1.29, 1.82) is 5.26 Å². The van der Waals surface area contributed by atoms with Gasteiger partial charge < -0.3 is 15.0 Å². The van der Waals surface area contributed by atoms with Crippen LogP contribution in [0.25, 0.3) is 17.0 Å². The number of halogens is 3. The molecule has 0 bridgehead atoms. The molecule has 0 aliphatic carbocycles. The molecule has 0 saturated carbocycles. The van der Waals surface area contributed by atoms with Gasteiger partial charge in [-0.3, -0.25) is 9.59 Å². The van der Waals surface area contributed by atoms with Crippen LogP contribution in [0, 0.1) is 11.3 Å². The second-order valence-corrected chi connectivity index (χ2v) is 6.33. The number of para-hydroxylation sites is 1. The lowest BCUT2D eigenvalue weighted by Gasteiger charge is -2.09. The van der Waals surface area contributed by atoms with E-state index in [1.807, 2.05) is 0 Å². The molecule has 0 aliphatic heterocycles. The predicted octanol–water partition coefficient (Wildman–Crippen LogP) is 4.29. The molecule has 0 unspecified atom stereocenters. The summed E-state index contributed by atoms with van der Waals surface area (Å²) in [4.78, 5) is 23.5. The number of aromatic nitrogens is 1. The maximum atomic E-state index is 12.8. The van der Waals surface area contributed by atoms with E-state index in [9.17, 15) is 28.0 Å². The van der Waals surface area contributed by atoms with Gasteiger partial charge in [-0.15, -0.1) is 0 Å². The second kappa shape index (κ2) is 8.13. The number of anilines is 1. The van der Waals surface area contributed by atoms with Crippen molar-refractivity contribution in [3.8, 4) is 6.07 Å². The fraction of sp³-hybridized carbons (Fsp3) is 0.0952. The molecule has 2 N–H and O–H groups in total. The van der Waals surface area contributed by atoms with E-state index >= 15 is 0 Å². The Bertz CT molecular complexity index is 1200. The third-order valence-corrected chi connectivity index (χ3v) is 4.24. The van der Waals surface area contributed by atoms with Gasteiger partial charge >= 0.3 is 12.1 Å². The van der Waals surface area contributed by atoms with Crippen LogP contribution in [0.1, 0.15) is 11.1 Å². The lowest BCUT2D eigenvalue weighted by molar-refractivity contribution is -0.138. The van der Waals surface area contributed by atoms with Crippen LogP contribution in [-0.2, 0) is 22.3 Å². The Hall–Kier alpha value is -4.06. The van der Waals surface area contributed by atoms with Crippen molar-refractivity contribution >= 4 is 34.5 Å². The number of fused-ring (bicyclic) bond motifs is 1. The number of carboxylic acid groups (broad SMARTS) is 1. The van der Waals surface area contributed by atoms with E-state index in [-0.39, 0.29) is 17.8 Å². The highest BCUT2D eigenvalue weighted by Gasteiger charge is 2.30. The summed E-state index contributed by atoms with van der Waals surface area (Å²) in [7, 11) is 0. The number of nitrogens with one attached hydrogen (secondary N) is 1. The first-order valence-electron chi connectivity index (χ1n) is 8.59. The first-order chi connectivity index (χ1) is 14.2. The van der Waals surface area contributed by atoms with Crippen LogP contribution in [0.4, 0.5) is 18.9 Å². The van der Waals surface area contributed by atoms with E-state index in [4.69, 9.17) is 5.11 Å². The van der Waals surface area contributed by atoms with Gasteiger partial charge in [0, 0.05) is 28.4 Å². The highest BCUT2D eigenvalue weighted by atomic mass is 19.4. The van der Waals surface area contributed by atoms with Crippen molar-refractivity contribution in [3.63, 3.8) is 0 Å². The molecule has 0 fully saturated rings. The zero-order valence-electron chi connectivity index (χ0n) is 15.3. The predicted molar refractivity (Wildman–Crippen MR) is 103 cm³/mol. The maximum absolute atomic E-state index is 12.8. The fourth-order valence-electron chi connectivity index (χ4n) is 2.94. The largest absolute Gasteiger partial charge is 0.480 e. The number of carbonyl (C=O) groups is 2. The van der Waals surface area contributed by atoms with Crippen LogP contribution in [0.5, 0.6) is 0 Å². The number of hydrogen-bond donors (Lipinski definition) is 2. The minimum absolute atomic E-state index is 0.107. The minimum atomic E-state index is -4.57. The van der Waals surface area contributed by atoms with E-state index < -0.39 is 23.6 Å². The molecule has 1 amide bonds. The first-order valence-corrected chi connectivity index (χ1v) is 8.59. The zero-order valence-corrected chi connectivity index (χ0v) is 15.3. The highest BCUT2D eigenvalue weighted by molar-refractivity contribution is 6.10. The Morgan fingerprint density at radius 1 is 1.17 bits per heavy atom. The van der Waals surface area contributed by atoms with Gasteiger partial charge in [-0.05, 0) is 30.3 Å². The summed E-state index contributed by atoms with van der Waals surface area (Å²) < 4.78 is 40.0. The zero-order chi connectivity index (χ0) is 21.9. The van der Waals surface area contributed by atoms with Gasteiger partial charge in [-0.2, -0.15) is 18.4 Å². The van der Waals surface area contributed by atoms with Gasteiger partial charge in [0.05, 0.1) is 5.56 Å². The third kappa shape index (κ3) is 4.50. The number of aliphatic carboxylic acids is 1. The van der Waals surface area contributed by atoms with E-state index in [0.29, 0.717) is 16.5 Å². The Kier molecular flexibility index (Phi) is 5.60. The van der Waals surface area contributed by atoms with Gasteiger partial charge in [0.1, 0.15) is 18.2 Å². The minimum Gasteiger partial charge on any atom is -0.480 e. The molecule has 3 rings (SSSR count). The summed E-state index contributed by atoms with van der Waals surface area (Å²) in [5.41, 5.74) is -0.348. The average molecular weight is 413 g/mol. The quantitative estimate of drug-likeness (QED) is 0.482. The molecule has 0 atom stereocenters. The van der Waals surface area contributed by atoms with E-state index in [1.165, 1.54) is 22.9 Å². The number of alkyl halides is 3. The number of amides is 1. The molecule has 1 heterocycles. The van der Waals surface area contributed by atoms with Gasteiger partial charge in [-0.1, -0.05) is 24.3 Å². The Morgan fingerprint density at radius 3 is 2.57 bits per heavy atom. The van der Waals surface area contributed by atoms with Gasteiger partial charge in [0.15, 0.2) is 0 Å². The maximum Gasteiger partial charge on any atom is 0.416 e. The normalized spacial score (nSPS) is 11.9. The molecule has 3 aromatic rings. The molecule has 0 radical (unpaired) electrons. The molecular weight excluding hydrogens is 399 g/mol. The summed E-state index contributed by atoms with van der Waals surface area (Å²) in [5, 5.41) is 21.4. The molecule has 9 heteroatoms. The second-order valence-electron chi connectivity index (χ2n) is 6.33. The smallest absolute Gasteiger partial charge is 0.416 e. The molecular formula is C21H14F3N3O3. The Labute approximate surface area is 168 Å². The number of hydrogen-bond acceptors (Lipinski definition) is 3. The average Bonchev–Trinajstić information content (AvgIpc) is 3.02. The number of carboxylic acids is 1. The Balaban J connectivity index is 1.94. The van der Waals surface area contributed by atoms with Crippen molar-refractivity contribution in [2.45, 2.75) is 12.7 Å². The molecule has 30 heavy (non-hydrogen) atoms. The van der Waals surface area contributed by atoms with Crippen molar-refractivity contribution in [3.05, 3.63) is 71.4 Å². The molecule has 0 aliphatic rings. The summed E-state index contributed by atoms with van der Waals surface area (Å²) in [6, 6.07) is 12.6. The highest BCUT2D eigenvalue weighted by Crippen LogP contribution is 2.31. The number of rotatable bonds is 5. The van der Waals surface area contributed by atoms with Crippen LogP contribution in [0.15, 0.2) is 60.3 Å². The van der Waals surface area contributed by atoms with Gasteiger partial charge in [-0.25, -0.2) is 0 Å². The van der Waals surface area contributed by atoms with Crippen molar-refractivity contribution in [2.75, 3.05) is 5.32 Å². The third-order valence-electron chi connectivity index (χ3n) is 4.24. The number of benzene rings is 2. The van der Waals surface area contributed by atoms with Gasteiger partial charge in [0.2, 0.25) is 0 Å². The van der Waals surface area contributed by atoms with Crippen LogP contribution in [-0.4, -0.2) is 21.6 Å².